The van der Waals surface area contributed by atoms with Gasteiger partial charge in [0.05, 0.1) is 19.1 Å². The van der Waals surface area contributed by atoms with E-state index in [-0.39, 0.29) is 5.57 Å². The topological polar surface area (TPSA) is 68.1 Å². The Kier molecular flexibility index (Phi) is 4.68. The maximum atomic E-state index is 11.5. The number of nitrogens with zero attached hydrogens (tertiary/aromatic N) is 1. The van der Waals surface area contributed by atoms with Crippen molar-refractivity contribution >= 4 is 38.7 Å². The molecule has 1 aromatic carbocycles. The molecule has 0 spiro atoms. The van der Waals surface area contributed by atoms with Gasteiger partial charge < -0.3 is 14.7 Å². The van der Waals surface area contributed by atoms with Crippen molar-refractivity contribution in [2.45, 2.75) is 32.3 Å². The Morgan fingerprint density at radius 2 is 2.04 bits per heavy atom. The van der Waals surface area contributed by atoms with E-state index < -0.39 is 5.97 Å². The lowest BCUT2D eigenvalue weighted by Gasteiger charge is -2.06. The number of thiophene rings is 1. The molecule has 1 aromatic heterocycles. The molecule has 1 N–H and O–H groups in total. The van der Waals surface area contributed by atoms with Crippen LogP contribution >= 0.6 is 11.3 Å². The molecular weight excluding hydrogens is 350 g/mol. The zero-order valence-corrected chi connectivity index (χ0v) is 15.4. The molecule has 2 aliphatic carbocycles. The van der Waals surface area contributed by atoms with Gasteiger partial charge in [-0.3, -0.25) is 0 Å². The summed E-state index contributed by atoms with van der Waals surface area (Å²) in [6, 6.07) is 5.99. The van der Waals surface area contributed by atoms with Crippen LogP contribution < -0.4 is 0 Å². The van der Waals surface area contributed by atoms with Gasteiger partial charge in [-0.15, -0.1) is 11.3 Å². The van der Waals surface area contributed by atoms with Gasteiger partial charge in [-0.05, 0) is 43.4 Å². The number of oxime groups is 1. The molecule has 2 aliphatic rings. The highest BCUT2D eigenvalue weighted by atomic mass is 32.1. The van der Waals surface area contributed by atoms with Gasteiger partial charge in [0, 0.05) is 32.9 Å². The van der Waals surface area contributed by atoms with E-state index in [4.69, 9.17) is 9.57 Å². The first kappa shape index (κ1) is 17.1. The first-order valence-corrected chi connectivity index (χ1v) is 9.72. The SMILES string of the molecule is COC=C(C(=O)O)c1csc2ccc(CON=C(C3CC3)C3CC3)cc12. The predicted octanol–water partition coefficient (Wildman–Crippen LogP) is 4.67. The zero-order valence-electron chi connectivity index (χ0n) is 14.6. The number of rotatable bonds is 8. The molecule has 0 amide bonds. The Labute approximate surface area is 155 Å². The summed E-state index contributed by atoms with van der Waals surface area (Å²) in [4.78, 5) is 17.2. The summed E-state index contributed by atoms with van der Waals surface area (Å²) >= 11 is 1.52. The fourth-order valence-corrected chi connectivity index (χ4v) is 4.08. The molecule has 0 atom stereocenters. The van der Waals surface area contributed by atoms with Crippen LogP contribution in [0.1, 0.15) is 36.8 Å². The van der Waals surface area contributed by atoms with Crippen LogP contribution in [0.25, 0.3) is 15.7 Å². The number of hydrogen-bond donors (Lipinski definition) is 1. The van der Waals surface area contributed by atoms with E-state index in [1.54, 1.807) is 0 Å². The van der Waals surface area contributed by atoms with Gasteiger partial charge in [0.25, 0.3) is 0 Å². The molecule has 6 heteroatoms. The van der Waals surface area contributed by atoms with Crippen molar-refractivity contribution in [2.75, 3.05) is 7.11 Å². The highest BCUT2D eigenvalue weighted by Gasteiger charge is 2.38. The Hall–Kier alpha value is -2.34. The van der Waals surface area contributed by atoms with Gasteiger partial charge in [-0.1, -0.05) is 11.2 Å². The number of fused-ring (bicyclic) bond motifs is 1. The third-order valence-corrected chi connectivity index (χ3v) is 5.75. The van der Waals surface area contributed by atoms with E-state index in [9.17, 15) is 9.90 Å². The summed E-state index contributed by atoms with van der Waals surface area (Å²) in [5, 5.41) is 16.6. The Morgan fingerprint density at radius 3 is 2.65 bits per heavy atom. The number of carbonyl (C=O) groups is 1. The lowest BCUT2D eigenvalue weighted by atomic mass is 10.0. The number of hydrogen-bond acceptors (Lipinski definition) is 5. The second-order valence-electron chi connectivity index (χ2n) is 6.89. The van der Waals surface area contributed by atoms with E-state index in [2.05, 4.69) is 5.16 Å². The average Bonchev–Trinajstić information content (AvgIpc) is 3.54. The minimum atomic E-state index is -1.00. The van der Waals surface area contributed by atoms with Crippen molar-refractivity contribution in [3.63, 3.8) is 0 Å². The summed E-state index contributed by atoms with van der Waals surface area (Å²) in [6.07, 6.45) is 6.24. The molecular formula is C20H21NO4S. The van der Waals surface area contributed by atoms with Crippen molar-refractivity contribution in [3.05, 3.63) is 41.0 Å². The fraction of sp³-hybridized carbons (Fsp3) is 0.400. The summed E-state index contributed by atoms with van der Waals surface area (Å²) in [6.45, 7) is 0.393. The molecule has 4 rings (SSSR count). The number of methoxy groups -OCH3 is 1. The number of ether oxygens (including phenoxy) is 1. The lowest BCUT2D eigenvalue weighted by Crippen LogP contribution is -2.05. The number of aliphatic carboxylic acids is 1. The van der Waals surface area contributed by atoms with E-state index in [0.29, 0.717) is 24.0 Å². The maximum absolute atomic E-state index is 11.5. The van der Waals surface area contributed by atoms with Gasteiger partial charge in [-0.2, -0.15) is 0 Å². The molecule has 2 saturated carbocycles. The first-order valence-electron chi connectivity index (χ1n) is 8.84. The Morgan fingerprint density at radius 1 is 1.31 bits per heavy atom. The largest absolute Gasteiger partial charge is 0.503 e. The van der Waals surface area contributed by atoms with Crippen molar-refractivity contribution in [1.29, 1.82) is 0 Å². The smallest absolute Gasteiger partial charge is 0.339 e. The molecule has 0 bridgehead atoms. The van der Waals surface area contributed by atoms with Crippen molar-refractivity contribution in [1.82, 2.24) is 0 Å². The van der Waals surface area contributed by atoms with Crippen LogP contribution in [0.15, 0.2) is 35.0 Å². The molecule has 2 aromatic rings. The normalized spacial score (nSPS) is 17.2. The first-order chi connectivity index (χ1) is 12.7. The van der Waals surface area contributed by atoms with Gasteiger partial charge in [-0.25, -0.2) is 4.79 Å². The molecule has 5 nitrogen and oxygen atoms in total. The highest BCUT2D eigenvalue weighted by Crippen LogP contribution is 2.42. The van der Waals surface area contributed by atoms with Crippen LogP contribution in [0.5, 0.6) is 0 Å². The fourth-order valence-electron chi connectivity index (χ4n) is 3.14. The monoisotopic (exact) mass is 371 g/mol. The summed E-state index contributed by atoms with van der Waals surface area (Å²) in [5.74, 6) is 0.285. The van der Waals surface area contributed by atoms with E-state index >= 15 is 0 Å². The average molecular weight is 371 g/mol. The highest BCUT2D eigenvalue weighted by molar-refractivity contribution is 7.17. The van der Waals surface area contributed by atoms with E-state index in [0.717, 1.165) is 15.6 Å². The molecule has 26 heavy (non-hydrogen) atoms. The van der Waals surface area contributed by atoms with Crippen molar-refractivity contribution in [2.24, 2.45) is 17.0 Å². The third-order valence-electron chi connectivity index (χ3n) is 4.79. The lowest BCUT2D eigenvalue weighted by molar-refractivity contribution is -0.130. The molecule has 2 fully saturated rings. The maximum Gasteiger partial charge on any atom is 0.339 e. The van der Waals surface area contributed by atoms with E-state index in [1.807, 2.05) is 23.6 Å². The van der Waals surface area contributed by atoms with Crippen LogP contribution in [0.2, 0.25) is 0 Å². The standard InChI is InChI=1S/C20H21NO4S/c1-24-10-16(20(22)23)17-11-26-18-7-2-12(8-15(17)18)9-25-21-19(13-3-4-13)14-5-6-14/h2,7-8,10-11,13-14H,3-6,9H2,1H3,(H,22,23). The predicted molar refractivity (Wildman–Crippen MR) is 102 cm³/mol. The zero-order chi connectivity index (χ0) is 18.1. The second-order valence-corrected chi connectivity index (χ2v) is 7.80. The minimum Gasteiger partial charge on any atom is -0.503 e. The van der Waals surface area contributed by atoms with Crippen LogP contribution in [-0.4, -0.2) is 23.9 Å². The summed E-state index contributed by atoms with van der Waals surface area (Å²) < 4.78 is 5.97. The van der Waals surface area contributed by atoms with Gasteiger partial charge in [0.1, 0.15) is 12.2 Å². The third kappa shape index (κ3) is 3.60. The van der Waals surface area contributed by atoms with Gasteiger partial charge in [0.15, 0.2) is 0 Å². The molecule has 1 heterocycles. The number of carboxylic acids is 1. The van der Waals surface area contributed by atoms with Crippen LogP contribution in [-0.2, 0) is 21.0 Å². The Bertz CT molecular complexity index is 876. The van der Waals surface area contributed by atoms with Crippen molar-refractivity contribution < 1.29 is 19.5 Å². The quantitative estimate of drug-likeness (QED) is 0.317. The minimum absolute atomic E-state index is 0.152. The van der Waals surface area contributed by atoms with Gasteiger partial charge in [0.2, 0.25) is 0 Å². The van der Waals surface area contributed by atoms with Crippen molar-refractivity contribution in [3.8, 4) is 0 Å². The van der Waals surface area contributed by atoms with Crippen LogP contribution in [0.4, 0.5) is 0 Å². The molecule has 0 aliphatic heterocycles. The molecule has 0 unspecified atom stereocenters. The second kappa shape index (κ2) is 7.11. The van der Waals surface area contributed by atoms with Crippen LogP contribution in [0.3, 0.4) is 0 Å². The number of carboxylic acid groups (broad SMARTS) is 1. The molecule has 0 radical (unpaired) electrons. The number of benzene rings is 1. The van der Waals surface area contributed by atoms with Crippen LogP contribution in [0, 0.1) is 11.8 Å². The van der Waals surface area contributed by atoms with E-state index in [1.165, 1.54) is 56.1 Å². The molecule has 0 saturated heterocycles. The van der Waals surface area contributed by atoms with Gasteiger partial charge >= 0.3 is 5.97 Å². The summed E-state index contributed by atoms with van der Waals surface area (Å²) in [7, 11) is 1.45. The molecule has 136 valence electrons. The Balaban J connectivity index is 1.55. The summed E-state index contributed by atoms with van der Waals surface area (Å²) in [5.41, 5.74) is 3.05.